The molecule has 0 aliphatic carbocycles. The first-order valence-electron chi connectivity index (χ1n) is 8.25. The van der Waals surface area contributed by atoms with Gasteiger partial charge in [-0.2, -0.15) is 29.9 Å². The fourth-order valence-corrected chi connectivity index (χ4v) is 2.44. The zero-order valence-corrected chi connectivity index (χ0v) is 14.9. The summed E-state index contributed by atoms with van der Waals surface area (Å²) < 4.78 is 5.65. The monoisotopic (exact) mass is 389 g/mol. The summed E-state index contributed by atoms with van der Waals surface area (Å²) in [6, 6.07) is 10.6. The van der Waals surface area contributed by atoms with E-state index in [-0.39, 0.29) is 29.6 Å². The van der Waals surface area contributed by atoms with E-state index in [1.165, 1.54) is 0 Å². The molecule has 0 unspecified atom stereocenters. The van der Waals surface area contributed by atoms with Crippen LogP contribution in [0, 0.1) is 0 Å². The van der Waals surface area contributed by atoms with Gasteiger partial charge in [-0.3, -0.25) is 4.99 Å². The Kier molecular flexibility index (Phi) is 4.41. The molecule has 0 bridgehead atoms. The number of furan rings is 1. The van der Waals surface area contributed by atoms with Crippen molar-refractivity contribution in [3.05, 3.63) is 42.2 Å². The molecule has 0 radical (unpaired) electrons. The summed E-state index contributed by atoms with van der Waals surface area (Å²) >= 11 is 0. The van der Waals surface area contributed by atoms with Gasteiger partial charge in [-0.05, 0) is 36.4 Å². The first-order chi connectivity index (χ1) is 14.0. The Morgan fingerprint density at radius 3 is 1.79 bits per heavy atom. The highest BCUT2D eigenvalue weighted by molar-refractivity contribution is 5.79. The van der Waals surface area contributed by atoms with Gasteiger partial charge in [0, 0.05) is 5.56 Å². The number of aliphatic imine (C=N–C) groups is 1. The summed E-state index contributed by atoms with van der Waals surface area (Å²) in [5, 5.41) is 0. The predicted octanol–water partition coefficient (Wildman–Crippen LogP) is 1.06. The smallest absolute Gasteiger partial charge is 0.225 e. The van der Waals surface area contributed by atoms with E-state index in [0.717, 1.165) is 5.56 Å². The lowest BCUT2D eigenvalue weighted by atomic mass is 10.2. The number of hydrogen-bond donors (Lipinski definition) is 4. The molecule has 3 aromatic heterocycles. The summed E-state index contributed by atoms with van der Waals surface area (Å²) in [6.45, 7) is 0. The molecule has 1 aromatic carbocycles. The van der Waals surface area contributed by atoms with Crippen molar-refractivity contribution in [1.82, 2.24) is 29.9 Å². The van der Waals surface area contributed by atoms with E-state index in [1.54, 1.807) is 42.6 Å². The maximum absolute atomic E-state index is 5.65. The molecule has 0 atom stereocenters. The molecular weight excluding hydrogens is 374 g/mol. The highest BCUT2D eigenvalue weighted by Gasteiger charge is 2.09. The van der Waals surface area contributed by atoms with Crippen LogP contribution >= 0.6 is 0 Å². The van der Waals surface area contributed by atoms with Crippen LogP contribution in [0.3, 0.4) is 0 Å². The normalized spacial score (nSPS) is 11.2. The van der Waals surface area contributed by atoms with Gasteiger partial charge in [0.25, 0.3) is 0 Å². The fraction of sp³-hybridized carbons (Fsp3) is 0. The molecule has 144 valence electrons. The molecule has 0 aliphatic rings. The molecule has 0 fully saturated rings. The second kappa shape index (κ2) is 7.19. The first-order valence-corrected chi connectivity index (χ1v) is 8.25. The molecule has 0 aliphatic heterocycles. The molecule has 0 saturated carbocycles. The van der Waals surface area contributed by atoms with Gasteiger partial charge in [0.2, 0.25) is 29.6 Å². The van der Waals surface area contributed by atoms with Crippen molar-refractivity contribution >= 4 is 35.7 Å². The maximum Gasteiger partial charge on any atom is 0.225 e. The van der Waals surface area contributed by atoms with Gasteiger partial charge in [0.05, 0.1) is 11.9 Å². The number of hydrogen-bond acceptors (Lipinski definition) is 12. The molecule has 12 nitrogen and oxygen atoms in total. The van der Waals surface area contributed by atoms with Crippen LogP contribution in [0.15, 0.2) is 45.8 Å². The van der Waals surface area contributed by atoms with Gasteiger partial charge in [0.15, 0.2) is 11.6 Å². The molecule has 0 amide bonds. The highest BCUT2D eigenvalue weighted by atomic mass is 16.3. The zero-order chi connectivity index (χ0) is 20.4. The summed E-state index contributed by atoms with van der Waals surface area (Å²) in [5.41, 5.74) is 23.8. The van der Waals surface area contributed by atoms with Gasteiger partial charge in [-0.25, -0.2) is 0 Å². The molecule has 0 saturated heterocycles. The van der Waals surface area contributed by atoms with Gasteiger partial charge in [-0.1, -0.05) is 0 Å². The number of nitrogen functional groups attached to an aromatic ring is 4. The van der Waals surface area contributed by atoms with Crippen molar-refractivity contribution in [1.29, 1.82) is 0 Å². The summed E-state index contributed by atoms with van der Waals surface area (Å²) in [4.78, 5) is 27.9. The number of nitrogens with zero attached hydrogens (tertiary/aromatic N) is 7. The molecule has 8 N–H and O–H groups in total. The van der Waals surface area contributed by atoms with E-state index >= 15 is 0 Å². The first kappa shape index (κ1) is 17.8. The Hall–Kier alpha value is -4.61. The minimum atomic E-state index is 0.0147. The average Bonchev–Trinajstić information content (AvgIpc) is 3.14. The van der Waals surface area contributed by atoms with Crippen molar-refractivity contribution in [2.24, 2.45) is 4.99 Å². The quantitative estimate of drug-likeness (QED) is 0.363. The van der Waals surface area contributed by atoms with Gasteiger partial charge >= 0.3 is 0 Å². The van der Waals surface area contributed by atoms with Crippen LogP contribution in [-0.4, -0.2) is 36.1 Å². The lowest BCUT2D eigenvalue weighted by Crippen LogP contribution is -2.04. The molecule has 4 aromatic rings. The van der Waals surface area contributed by atoms with Crippen molar-refractivity contribution < 1.29 is 4.42 Å². The number of anilines is 4. The van der Waals surface area contributed by atoms with Crippen LogP contribution in [0.2, 0.25) is 0 Å². The number of nitrogens with two attached hydrogens (primary N) is 4. The summed E-state index contributed by atoms with van der Waals surface area (Å²) in [5.74, 6) is 1.68. The second-order valence-corrected chi connectivity index (χ2v) is 5.76. The van der Waals surface area contributed by atoms with Crippen molar-refractivity contribution in [2.45, 2.75) is 0 Å². The Morgan fingerprint density at radius 1 is 0.655 bits per heavy atom. The highest BCUT2D eigenvalue weighted by Crippen LogP contribution is 2.22. The Bertz CT molecular complexity index is 1160. The van der Waals surface area contributed by atoms with E-state index in [1.807, 2.05) is 0 Å². The van der Waals surface area contributed by atoms with E-state index < -0.39 is 0 Å². The van der Waals surface area contributed by atoms with Crippen LogP contribution in [0.1, 0.15) is 5.76 Å². The van der Waals surface area contributed by atoms with Crippen LogP contribution in [0.4, 0.5) is 29.5 Å². The van der Waals surface area contributed by atoms with Crippen molar-refractivity contribution in [2.75, 3.05) is 22.9 Å². The van der Waals surface area contributed by atoms with Gasteiger partial charge in [-0.15, -0.1) is 0 Å². The lowest BCUT2D eigenvalue weighted by Gasteiger charge is -2.02. The largest absolute Gasteiger partial charge is 0.452 e. The van der Waals surface area contributed by atoms with Crippen molar-refractivity contribution in [3.63, 3.8) is 0 Å². The van der Waals surface area contributed by atoms with Crippen LogP contribution in [0.5, 0.6) is 0 Å². The zero-order valence-electron chi connectivity index (χ0n) is 14.9. The SMILES string of the molecule is Nc1nc(N)nc(-c2ccc(N=Cc3ccc(-c4nc(N)nc(N)n4)o3)cc2)n1. The summed E-state index contributed by atoms with van der Waals surface area (Å²) in [7, 11) is 0. The third-order valence-electron chi connectivity index (χ3n) is 3.65. The number of rotatable bonds is 4. The van der Waals surface area contributed by atoms with E-state index in [4.69, 9.17) is 27.4 Å². The minimum Gasteiger partial charge on any atom is -0.452 e. The van der Waals surface area contributed by atoms with Crippen LogP contribution < -0.4 is 22.9 Å². The van der Waals surface area contributed by atoms with Gasteiger partial charge < -0.3 is 27.4 Å². The number of aromatic nitrogens is 6. The Morgan fingerprint density at radius 2 is 1.21 bits per heavy atom. The molecule has 0 spiro atoms. The maximum atomic E-state index is 5.65. The topological polar surface area (TPSA) is 207 Å². The molecule has 4 rings (SSSR count). The lowest BCUT2D eigenvalue weighted by molar-refractivity contribution is 0.570. The standard InChI is InChI=1S/C17H15N11O/c18-14-23-12(24-15(19)27-14)8-1-3-9(4-2-8)22-7-10-5-6-11(29-10)13-25-16(20)28-17(21)26-13/h1-7H,(H4,18,19,23,24,27)(H4,20,21,25,26,28). The minimum absolute atomic E-state index is 0.0147. The van der Waals surface area contributed by atoms with E-state index in [9.17, 15) is 0 Å². The third-order valence-corrected chi connectivity index (χ3v) is 3.65. The second-order valence-electron chi connectivity index (χ2n) is 5.76. The Balaban J connectivity index is 1.52. The predicted molar refractivity (Wildman–Crippen MR) is 108 cm³/mol. The third kappa shape index (κ3) is 4.05. The van der Waals surface area contributed by atoms with Gasteiger partial charge in [0.1, 0.15) is 5.76 Å². The fourth-order valence-electron chi connectivity index (χ4n) is 2.44. The van der Waals surface area contributed by atoms with Crippen LogP contribution in [-0.2, 0) is 0 Å². The molecule has 12 heteroatoms. The average molecular weight is 389 g/mol. The molecule has 29 heavy (non-hydrogen) atoms. The molecular formula is C17H15N11O. The van der Waals surface area contributed by atoms with E-state index in [0.29, 0.717) is 23.0 Å². The number of benzene rings is 1. The van der Waals surface area contributed by atoms with Crippen molar-refractivity contribution in [3.8, 4) is 23.0 Å². The van der Waals surface area contributed by atoms with Crippen LogP contribution in [0.25, 0.3) is 23.0 Å². The molecule has 3 heterocycles. The van der Waals surface area contributed by atoms with E-state index in [2.05, 4.69) is 34.9 Å². The summed E-state index contributed by atoms with van der Waals surface area (Å²) in [6.07, 6.45) is 1.56. The Labute approximate surface area is 163 Å².